The number of carbonyl (C=O) groups is 1. The molecule has 0 atom stereocenters. The van der Waals surface area contributed by atoms with Crippen molar-refractivity contribution in [3.05, 3.63) is 94.6 Å². The summed E-state index contributed by atoms with van der Waals surface area (Å²) in [7, 11) is 0. The highest BCUT2D eigenvalue weighted by atomic mass is 35.5. The number of hydrogen-bond donors (Lipinski definition) is 1. The second kappa shape index (κ2) is 12.4. The maximum absolute atomic E-state index is 12.8. The molecule has 212 valence electrons. The van der Waals surface area contributed by atoms with E-state index >= 15 is 0 Å². The number of allylic oxidation sites excluding steroid dienone is 1. The summed E-state index contributed by atoms with van der Waals surface area (Å²) in [6, 6.07) is 22.0. The molecule has 0 spiro atoms. The SMILES string of the molecule is CCOC(=O)c1ccc(N2CCN(CC3=C(c4ccc(Cl)cc4)CCCC3)CC2)cc1Oc1cccc2[nH]ccc12. The summed E-state index contributed by atoms with van der Waals surface area (Å²) in [6.45, 7) is 6.93. The fourth-order valence-corrected chi connectivity index (χ4v) is 6.14. The third-order valence-corrected chi connectivity index (χ3v) is 8.41. The van der Waals surface area contributed by atoms with Crippen LogP contribution in [0.3, 0.4) is 0 Å². The van der Waals surface area contributed by atoms with Crippen molar-refractivity contribution in [1.29, 1.82) is 0 Å². The molecule has 4 aromatic rings. The van der Waals surface area contributed by atoms with Crippen LogP contribution in [-0.4, -0.2) is 55.2 Å². The molecule has 0 unspecified atom stereocenters. The van der Waals surface area contributed by atoms with E-state index in [9.17, 15) is 4.79 Å². The van der Waals surface area contributed by atoms with Crippen molar-refractivity contribution in [3.63, 3.8) is 0 Å². The second-order valence-electron chi connectivity index (χ2n) is 10.8. The molecule has 1 aliphatic carbocycles. The first kappa shape index (κ1) is 27.4. The lowest BCUT2D eigenvalue weighted by molar-refractivity contribution is 0.0523. The predicted octanol–water partition coefficient (Wildman–Crippen LogP) is 7.94. The van der Waals surface area contributed by atoms with Crippen LogP contribution in [0.2, 0.25) is 5.02 Å². The Morgan fingerprint density at radius 3 is 2.54 bits per heavy atom. The molecule has 0 amide bonds. The number of fused-ring (bicyclic) bond motifs is 1. The summed E-state index contributed by atoms with van der Waals surface area (Å²) in [6.07, 6.45) is 6.71. The van der Waals surface area contributed by atoms with Crippen LogP contribution >= 0.6 is 11.6 Å². The molecule has 2 aliphatic rings. The number of hydrogen-bond acceptors (Lipinski definition) is 5. The van der Waals surface area contributed by atoms with E-state index in [1.54, 1.807) is 5.57 Å². The van der Waals surface area contributed by atoms with Crippen LogP contribution in [0.1, 0.15) is 48.5 Å². The van der Waals surface area contributed by atoms with Crippen molar-refractivity contribution in [2.24, 2.45) is 0 Å². The highest BCUT2D eigenvalue weighted by Gasteiger charge is 2.23. The van der Waals surface area contributed by atoms with E-state index < -0.39 is 0 Å². The van der Waals surface area contributed by atoms with Gasteiger partial charge in [0.2, 0.25) is 0 Å². The monoisotopic (exact) mass is 569 g/mol. The van der Waals surface area contributed by atoms with E-state index in [0.29, 0.717) is 23.7 Å². The van der Waals surface area contributed by atoms with Gasteiger partial charge in [-0.3, -0.25) is 4.90 Å². The van der Waals surface area contributed by atoms with Crippen molar-refractivity contribution in [3.8, 4) is 11.5 Å². The molecule has 1 N–H and O–H groups in total. The molecule has 6 nitrogen and oxygen atoms in total. The molecule has 7 heteroatoms. The van der Waals surface area contributed by atoms with Crippen LogP contribution in [0.15, 0.2) is 78.5 Å². The average molecular weight is 570 g/mol. The van der Waals surface area contributed by atoms with E-state index in [4.69, 9.17) is 21.1 Å². The molecular weight excluding hydrogens is 534 g/mol. The number of aromatic amines is 1. The quantitative estimate of drug-likeness (QED) is 0.218. The molecule has 0 bridgehead atoms. The fraction of sp³-hybridized carbons (Fsp3) is 0.324. The van der Waals surface area contributed by atoms with Gasteiger partial charge in [-0.1, -0.05) is 35.4 Å². The molecule has 1 aliphatic heterocycles. The van der Waals surface area contributed by atoms with Crippen molar-refractivity contribution in [1.82, 2.24) is 9.88 Å². The Morgan fingerprint density at radius 2 is 1.73 bits per heavy atom. The summed E-state index contributed by atoms with van der Waals surface area (Å²) in [4.78, 5) is 21.0. The maximum atomic E-state index is 12.8. The smallest absolute Gasteiger partial charge is 0.341 e. The zero-order chi connectivity index (χ0) is 28.2. The minimum Gasteiger partial charge on any atom is -0.462 e. The lowest BCUT2D eigenvalue weighted by Crippen LogP contribution is -2.47. The molecule has 1 saturated heterocycles. The van der Waals surface area contributed by atoms with E-state index in [-0.39, 0.29) is 5.97 Å². The Bertz CT molecular complexity index is 1550. The van der Waals surface area contributed by atoms with Crippen molar-refractivity contribution in [2.45, 2.75) is 32.6 Å². The molecule has 6 rings (SSSR count). The number of carbonyl (C=O) groups excluding carboxylic acids is 1. The van der Waals surface area contributed by atoms with E-state index in [1.165, 1.54) is 30.4 Å². The van der Waals surface area contributed by atoms with Gasteiger partial charge in [-0.2, -0.15) is 0 Å². The minimum absolute atomic E-state index is 0.311. The number of anilines is 1. The maximum Gasteiger partial charge on any atom is 0.341 e. The molecule has 3 aromatic carbocycles. The van der Waals surface area contributed by atoms with E-state index in [1.807, 2.05) is 67.7 Å². The van der Waals surface area contributed by atoms with Crippen molar-refractivity contribution < 1.29 is 14.3 Å². The van der Waals surface area contributed by atoms with Crippen LogP contribution in [0, 0.1) is 0 Å². The molecule has 0 radical (unpaired) electrons. The highest BCUT2D eigenvalue weighted by Crippen LogP contribution is 2.36. The van der Waals surface area contributed by atoms with E-state index in [0.717, 1.165) is 60.8 Å². The number of esters is 1. The number of piperazine rings is 1. The third kappa shape index (κ3) is 6.14. The van der Waals surface area contributed by atoms with Gasteiger partial charge in [-0.05, 0) is 86.2 Å². The van der Waals surface area contributed by atoms with Gasteiger partial charge in [0.25, 0.3) is 0 Å². The Morgan fingerprint density at radius 1 is 0.927 bits per heavy atom. The number of nitrogens with one attached hydrogen (secondary N) is 1. The highest BCUT2D eigenvalue weighted by molar-refractivity contribution is 6.30. The lowest BCUT2D eigenvalue weighted by atomic mass is 9.87. The molecular formula is C34H36ClN3O3. The summed E-state index contributed by atoms with van der Waals surface area (Å²) >= 11 is 6.15. The number of halogens is 1. The normalized spacial score (nSPS) is 16.3. The fourth-order valence-electron chi connectivity index (χ4n) is 6.01. The molecule has 1 fully saturated rings. The Balaban J connectivity index is 1.18. The third-order valence-electron chi connectivity index (χ3n) is 8.16. The van der Waals surface area contributed by atoms with Crippen molar-refractivity contribution >= 4 is 39.7 Å². The summed E-state index contributed by atoms with van der Waals surface area (Å²) < 4.78 is 11.7. The summed E-state index contributed by atoms with van der Waals surface area (Å²) in [5.74, 6) is 0.836. The number of benzene rings is 3. The van der Waals surface area contributed by atoms with Gasteiger partial charge in [0.1, 0.15) is 17.1 Å². The van der Waals surface area contributed by atoms with Gasteiger partial charge < -0.3 is 19.4 Å². The number of nitrogens with zero attached hydrogens (tertiary/aromatic N) is 2. The first-order chi connectivity index (χ1) is 20.1. The summed E-state index contributed by atoms with van der Waals surface area (Å²) in [5, 5.41) is 1.75. The van der Waals surface area contributed by atoms with Crippen LogP contribution in [0.4, 0.5) is 5.69 Å². The minimum atomic E-state index is -0.377. The largest absolute Gasteiger partial charge is 0.462 e. The number of H-pyrrole nitrogens is 1. The van der Waals surface area contributed by atoms with Crippen LogP contribution in [0.25, 0.3) is 16.5 Å². The molecule has 2 heterocycles. The van der Waals surface area contributed by atoms with Gasteiger partial charge >= 0.3 is 5.97 Å². The molecule has 0 saturated carbocycles. The number of ether oxygens (including phenoxy) is 2. The zero-order valence-corrected chi connectivity index (χ0v) is 24.3. The predicted molar refractivity (Wildman–Crippen MR) is 166 cm³/mol. The van der Waals surface area contributed by atoms with Gasteiger partial charge in [0.15, 0.2) is 0 Å². The first-order valence-electron chi connectivity index (χ1n) is 14.6. The van der Waals surface area contributed by atoms with Crippen LogP contribution in [0.5, 0.6) is 11.5 Å². The average Bonchev–Trinajstić information content (AvgIpc) is 3.49. The van der Waals surface area contributed by atoms with Gasteiger partial charge in [0, 0.05) is 66.6 Å². The zero-order valence-electron chi connectivity index (χ0n) is 23.5. The Kier molecular flexibility index (Phi) is 8.31. The molecule has 1 aromatic heterocycles. The number of aromatic nitrogens is 1. The van der Waals surface area contributed by atoms with E-state index in [2.05, 4.69) is 26.9 Å². The standard InChI is InChI=1S/C34H36ClN3O3/c1-2-40-34(39)30-15-14-27(22-33(30)41-32-9-5-8-31-29(32)16-17-36-31)38-20-18-37(19-21-38)23-25-6-3-4-7-28(25)24-10-12-26(35)13-11-24/h5,8-17,22,36H,2-4,6-7,18-21,23H2,1H3. The van der Waals surface area contributed by atoms with Gasteiger partial charge in [-0.25, -0.2) is 4.79 Å². The number of rotatable bonds is 8. The summed E-state index contributed by atoms with van der Waals surface area (Å²) in [5.41, 5.74) is 6.85. The van der Waals surface area contributed by atoms with Crippen LogP contribution in [-0.2, 0) is 4.74 Å². The van der Waals surface area contributed by atoms with Gasteiger partial charge in [0.05, 0.1) is 6.61 Å². The van der Waals surface area contributed by atoms with Crippen molar-refractivity contribution in [2.75, 3.05) is 44.2 Å². The molecule has 41 heavy (non-hydrogen) atoms. The topological polar surface area (TPSA) is 57.8 Å². The first-order valence-corrected chi connectivity index (χ1v) is 15.0. The Hall–Kier alpha value is -3.74. The lowest BCUT2D eigenvalue weighted by Gasteiger charge is -2.37. The second-order valence-corrected chi connectivity index (χ2v) is 11.2. The Labute approximate surface area is 246 Å². The van der Waals surface area contributed by atoms with Crippen LogP contribution < -0.4 is 9.64 Å². The van der Waals surface area contributed by atoms with Gasteiger partial charge in [-0.15, -0.1) is 0 Å².